The molecule has 6 aliphatic rings. The fraction of sp³-hybridized carbons (Fsp3) is 0.294. The highest BCUT2D eigenvalue weighted by Crippen LogP contribution is 2.46. The molecule has 0 bridgehead atoms. The van der Waals surface area contributed by atoms with Crippen molar-refractivity contribution in [3.63, 3.8) is 0 Å². The molecule has 0 saturated carbocycles. The van der Waals surface area contributed by atoms with Crippen LogP contribution in [0.5, 0.6) is 28.7 Å². The van der Waals surface area contributed by atoms with Crippen molar-refractivity contribution in [1.29, 1.82) is 0 Å². The summed E-state index contributed by atoms with van der Waals surface area (Å²) in [5, 5.41) is 7.87. The number of nitrogens with zero attached hydrogens (tertiary/aromatic N) is 6. The first kappa shape index (κ1) is 89.8. The van der Waals surface area contributed by atoms with Crippen molar-refractivity contribution >= 4 is 142 Å². The van der Waals surface area contributed by atoms with Crippen LogP contribution in [0.3, 0.4) is 0 Å². The number of halogens is 7. The number of morpholine rings is 1. The van der Waals surface area contributed by atoms with Gasteiger partial charge in [0.1, 0.15) is 47.4 Å². The molecule has 2 fully saturated rings. The van der Waals surface area contributed by atoms with Crippen LogP contribution < -0.4 is 23.7 Å². The Morgan fingerprint density at radius 3 is 1.22 bits per heavy atom. The number of fused-ring (bicyclic) bond motifs is 12. The SMILES string of the molecule is CC(C)c1ccc(C2c3[nH]c4ccc(Cl)cc4c3CCN2C(=O)CCCF)cc1.COc1ccc(C2c3[nH]c4ccc(Cl)cc4c3CCN2C(=O)N2CCCC2)cc1.COc1ccc(OC(=O)N2CCc3c([nH]c4ccc(Br)cc34)[C@@H]2c2ccc(Cl)cc2)cc1.O=C(Oc1ccc(Cl)cc1)N1CCc2c([nH]c3ccc(Cl)cc23)C1c1ccc(OCCN2CCOCC2)cc1. The first-order valence-corrected chi connectivity index (χ1v) is 46.4. The number of nitrogens with one attached hydrogen (secondary N) is 4. The quantitative estimate of drug-likeness (QED) is 0.0716. The van der Waals surface area contributed by atoms with Crippen LogP contribution in [0.25, 0.3) is 43.6 Å². The van der Waals surface area contributed by atoms with Gasteiger partial charge in [-0.2, -0.15) is 0 Å². The molecular weight excluding hydrogens is 1800 g/mol. The van der Waals surface area contributed by atoms with E-state index in [2.05, 4.69) is 103 Å². The maximum absolute atomic E-state index is 13.5. The Kier molecular flexibility index (Phi) is 28.2. The Morgan fingerprint density at radius 2 is 0.783 bits per heavy atom. The molecule has 10 heterocycles. The van der Waals surface area contributed by atoms with Gasteiger partial charge in [-0.1, -0.05) is 148 Å². The number of hydrogen-bond donors (Lipinski definition) is 4. The second-order valence-corrected chi connectivity index (χ2v) is 36.4. The van der Waals surface area contributed by atoms with Crippen molar-refractivity contribution in [2.24, 2.45) is 0 Å². The number of carbonyl (C=O) groups is 4. The second kappa shape index (κ2) is 40.5. The number of aromatic amines is 4. The van der Waals surface area contributed by atoms with E-state index < -0.39 is 18.9 Å². The molecule has 14 aromatic rings. The average molecular weight is 1900 g/mol. The summed E-state index contributed by atoms with van der Waals surface area (Å²) in [5.41, 5.74) is 18.4. The molecule has 129 heavy (non-hydrogen) atoms. The van der Waals surface area contributed by atoms with Gasteiger partial charge in [0, 0.05) is 161 Å². The molecule has 6 aliphatic heterocycles. The van der Waals surface area contributed by atoms with Crippen molar-refractivity contribution in [2.45, 2.75) is 95.3 Å². The largest absolute Gasteiger partial charge is 0.497 e. The maximum Gasteiger partial charge on any atom is 0.416 e. The van der Waals surface area contributed by atoms with Crippen LogP contribution >= 0.6 is 73.9 Å². The lowest BCUT2D eigenvalue weighted by atomic mass is 9.90. The second-order valence-electron chi connectivity index (χ2n) is 33.3. The van der Waals surface area contributed by atoms with E-state index >= 15 is 0 Å². The zero-order valence-corrected chi connectivity index (χ0v) is 77.3. The number of benzene rings is 10. The van der Waals surface area contributed by atoms with Crippen molar-refractivity contribution in [3.8, 4) is 28.7 Å². The molecule has 5 amide bonds. The normalized spacial score (nSPS) is 17.1. The minimum Gasteiger partial charge on any atom is -0.497 e. The number of amides is 5. The van der Waals surface area contributed by atoms with Gasteiger partial charge in [-0.3, -0.25) is 23.9 Å². The van der Waals surface area contributed by atoms with Gasteiger partial charge < -0.3 is 63.1 Å². The third kappa shape index (κ3) is 20.0. The summed E-state index contributed by atoms with van der Waals surface area (Å²) in [4.78, 5) is 79.1. The van der Waals surface area contributed by atoms with Gasteiger partial charge >= 0.3 is 18.2 Å². The van der Waals surface area contributed by atoms with E-state index in [1.54, 1.807) is 72.6 Å². The minimum atomic E-state index is -0.469. The molecule has 2 saturated heterocycles. The highest BCUT2D eigenvalue weighted by Gasteiger charge is 2.41. The van der Waals surface area contributed by atoms with Gasteiger partial charge in [-0.15, -0.1) is 0 Å². The molecule has 4 aromatic heterocycles. The standard InChI is InChI=1S/C30H29Cl2N3O4.C25H20BrClN2O3.C24H26ClFN2O.C23H24ClN3O2/c31-21-3-8-24(9-4-21)39-30(36)35-12-11-25-26-19-22(32)5-10-27(26)33-28(25)29(35)20-1-6-23(7-2-20)38-18-15-34-13-16-37-17-14-34;1-31-18-7-9-19(10-8-18)32-25(30)29-13-12-20-21-14-16(26)4-11-22(21)28-23(20)24(29)15-2-5-17(27)6-3-15;1-15(2)16-5-7-17(8-6-16)24-23-19(11-13-28(24)22(29)4-3-12-26)20-14-18(25)9-10-21(20)27-23;1-29-17-7-4-15(5-8-17)22-21-18(19-14-16(24)6-9-20(19)25-21)10-13-27(22)23(28)26-11-2-3-12-26/h1-10,19,29,33H,11-18H2;2-11,14,24,28H,12-13H2,1H3;5-10,14-15,24,27H,3-4,11-13H2,1-2H3;4-9,14,22,25H,2-3,10-13H2,1H3/t;24-;;/m.0../s1. The van der Waals surface area contributed by atoms with Crippen LogP contribution in [-0.2, 0) is 35.2 Å². The molecule has 666 valence electrons. The van der Waals surface area contributed by atoms with Crippen molar-refractivity contribution in [3.05, 3.63) is 321 Å². The van der Waals surface area contributed by atoms with Crippen molar-refractivity contribution in [1.82, 2.24) is 49.3 Å². The van der Waals surface area contributed by atoms with E-state index in [0.29, 0.717) is 82.5 Å². The molecular formula is C102H99BrCl5FN10O10. The number of likely N-dealkylation sites (tertiary alicyclic amines) is 1. The Balaban J connectivity index is 0.000000122. The molecule has 27 heteroatoms. The summed E-state index contributed by atoms with van der Waals surface area (Å²) < 4.78 is 47.1. The van der Waals surface area contributed by atoms with Gasteiger partial charge in [-0.25, -0.2) is 14.4 Å². The highest BCUT2D eigenvalue weighted by molar-refractivity contribution is 9.10. The summed E-state index contributed by atoms with van der Waals surface area (Å²) in [7, 11) is 3.26. The van der Waals surface area contributed by atoms with Crippen LogP contribution in [0, 0.1) is 0 Å². The summed E-state index contributed by atoms with van der Waals surface area (Å²) in [5.74, 6) is 3.67. The van der Waals surface area contributed by atoms with Crippen molar-refractivity contribution in [2.75, 3.05) is 99.6 Å². The van der Waals surface area contributed by atoms with Crippen LogP contribution in [-0.4, -0.2) is 173 Å². The number of carbonyl (C=O) groups excluding carboxylic acids is 4. The minimum absolute atomic E-state index is 0.00271. The molecule has 3 unspecified atom stereocenters. The Hall–Kier alpha value is -11.2. The smallest absolute Gasteiger partial charge is 0.416 e. The number of methoxy groups -OCH3 is 2. The zero-order chi connectivity index (χ0) is 89.5. The molecule has 20 nitrogen and oxygen atoms in total. The number of ether oxygens (including phenoxy) is 6. The number of alkyl halides is 1. The maximum atomic E-state index is 13.5. The summed E-state index contributed by atoms with van der Waals surface area (Å²) in [6.45, 7) is 12.8. The fourth-order valence-electron chi connectivity index (χ4n) is 18.6. The first-order chi connectivity index (χ1) is 62.7. The van der Waals surface area contributed by atoms with E-state index in [-0.39, 0.29) is 48.9 Å². The van der Waals surface area contributed by atoms with E-state index in [0.717, 1.165) is 188 Å². The van der Waals surface area contributed by atoms with E-state index in [4.69, 9.17) is 86.4 Å². The number of hydrogen-bond acceptors (Lipinski definition) is 11. The number of urea groups is 1. The van der Waals surface area contributed by atoms with Gasteiger partial charge in [0.2, 0.25) is 5.91 Å². The van der Waals surface area contributed by atoms with Crippen LogP contribution in [0.1, 0.15) is 142 Å². The number of rotatable bonds is 16. The van der Waals surface area contributed by atoms with Gasteiger partial charge in [-0.05, 0) is 259 Å². The molecule has 0 aliphatic carbocycles. The lowest BCUT2D eigenvalue weighted by Crippen LogP contribution is -2.47. The van der Waals surface area contributed by atoms with Gasteiger partial charge in [0.15, 0.2) is 0 Å². The summed E-state index contributed by atoms with van der Waals surface area (Å²) in [6.07, 6.45) is 4.85. The predicted octanol–water partition coefficient (Wildman–Crippen LogP) is 24.2. The molecule has 20 rings (SSSR count). The third-order valence-corrected chi connectivity index (χ3v) is 26.8. The molecule has 4 atom stereocenters. The summed E-state index contributed by atoms with van der Waals surface area (Å²) in [6, 6.07) is 68.8. The predicted molar refractivity (Wildman–Crippen MR) is 512 cm³/mol. The lowest BCUT2D eigenvalue weighted by molar-refractivity contribution is -0.133. The Labute approximate surface area is 781 Å². The Morgan fingerprint density at radius 1 is 0.426 bits per heavy atom. The molecule has 0 radical (unpaired) electrons. The monoisotopic (exact) mass is 1900 g/mol. The van der Waals surface area contributed by atoms with Crippen LogP contribution in [0.2, 0.25) is 25.1 Å². The number of H-pyrrole nitrogens is 4. The topological polar surface area (TPSA) is 206 Å². The fourth-order valence-corrected chi connectivity index (χ4v) is 19.7. The Bertz CT molecular complexity index is 6340. The zero-order valence-electron chi connectivity index (χ0n) is 71.9. The van der Waals surface area contributed by atoms with E-state index in [1.165, 1.54) is 27.8 Å². The van der Waals surface area contributed by atoms with E-state index in [9.17, 15) is 23.6 Å². The first-order valence-electron chi connectivity index (χ1n) is 43.7. The summed E-state index contributed by atoms with van der Waals surface area (Å²) >= 11 is 34.6. The molecule has 4 N–H and O–H groups in total. The highest BCUT2D eigenvalue weighted by atomic mass is 79.9. The van der Waals surface area contributed by atoms with Crippen molar-refractivity contribution < 1.29 is 52.0 Å². The molecule has 10 aromatic carbocycles. The third-order valence-electron chi connectivity index (χ3n) is 25.1. The van der Waals surface area contributed by atoms with Crippen LogP contribution in [0.4, 0.5) is 18.8 Å². The van der Waals surface area contributed by atoms with E-state index in [1.807, 2.05) is 136 Å². The average Bonchev–Trinajstić information content (AvgIpc) is 1.62. The van der Waals surface area contributed by atoms with Gasteiger partial charge in [0.25, 0.3) is 0 Å². The molecule has 0 spiro atoms. The lowest BCUT2D eigenvalue weighted by Gasteiger charge is -2.38. The van der Waals surface area contributed by atoms with Crippen LogP contribution in [0.15, 0.2) is 223 Å². The number of aromatic nitrogens is 4. The van der Waals surface area contributed by atoms with Gasteiger partial charge in [0.05, 0.1) is 46.2 Å².